The average Bonchev–Trinajstić information content (AvgIpc) is 2.88. The van der Waals surface area contributed by atoms with Crippen LogP contribution in [-0.4, -0.2) is 37.0 Å². The van der Waals surface area contributed by atoms with Gasteiger partial charge in [-0.05, 0) is 51.0 Å². The van der Waals surface area contributed by atoms with Crippen molar-refractivity contribution >= 4 is 0 Å². The molecule has 0 radical (unpaired) electrons. The Morgan fingerprint density at radius 1 is 1.12 bits per heavy atom. The number of nitrogens with one attached hydrogen (secondary N) is 1. The van der Waals surface area contributed by atoms with Gasteiger partial charge in [0.15, 0.2) is 0 Å². The van der Waals surface area contributed by atoms with Crippen LogP contribution < -0.4 is 5.32 Å². The van der Waals surface area contributed by atoms with Gasteiger partial charge in [-0.3, -0.25) is 0 Å². The van der Waals surface area contributed by atoms with Crippen molar-refractivity contribution in [1.29, 1.82) is 0 Å². The standard InChI is InChI=1S/C14H27NO2/c16-11-12-5-1-2-8-14(12)15-9-3-6-13-7-4-10-17-13/h12-16H,1-11H2. The van der Waals surface area contributed by atoms with E-state index in [1.807, 2.05) is 0 Å². The highest BCUT2D eigenvalue weighted by molar-refractivity contribution is 4.80. The molecule has 3 atom stereocenters. The molecule has 3 unspecified atom stereocenters. The summed E-state index contributed by atoms with van der Waals surface area (Å²) in [6.07, 6.45) is 10.5. The molecule has 17 heavy (non-hydrogen) atoms. The Morgan fingerprint density at radius 3 is 2.76 bits per heavy atom. The minimum Gasteiger partial charge on any atom is -0.396 e. The van der Waals surface area contributed by atoms with Gasteiger partial charge in [0.25, 0.3) is 0 Å². The fourth-order valence-corrected chi connectivity index (χ4v) is 3.18. The van der Waals surface area contributed by atoms with Crippen molar-refractivity contribution in [2.75, 3.05) is 19.8 Å². The summed E-state index contributed by atoms with van der Waals surface area (Å²) in [7, 11) is 0. The van der Waals surface area contributed by atoms with Crippen LogP contribution in [0.3, 0.4) is 0 Å². The summed E-state index contributed by atoms with van der Waals surface area (Å²) in [5.41, 5.74) is 0. The predicted octanol–water partition coefficient (Wildman–Crippen LogP) is 2.09. The molecule has 1 aliphatic heterocycles. The first-order chi connectivity index (χ1) is 8.40. The first-order valence-electron chi connectivity index (χ1n) is 7.36. The maximum Gasteiger partial charge on any atom is 0.0576 e. The molecule has 1 saturated carbocycles. The predicted molar refractivity (Wildman–Crippen MR) is 69.0 cm³/mol. The zero-order chi connectivity index (χ0) is 11.9. The number of aliphatic hydroxyl groups is 1. The van der Waals surface area contributed by atoms with E-state index in [2.05, 4.69) is 5.32 Å². The molecule has 0 amide bonds. The van der Waals surface area contributed by atoms with Crippen molar-refractivity contribution < 1.29 is 9.84 Å². The Morgan fingerprint density at radius 2 is 2.00 bits per heavy atom. The quantitative estimate of drug-likeness (QED) is 0.700. The van der Waals surface area contributed by atoms with Crippen LogP contribution in [0, 0.1) is 5.92 Å². The van der Waals surface area contributed by atoms with E-state index in [4.69, 9.17) is 4.74 Å². The average molecular weight is 241 g/mol. The Kier molecular flexibility index (Phi) is 5.75. The first kappa shape index (κ1) is 13.3. The lowest BCUT2D eigenvalue weighted by atomic mass is 9.85. The van der Waals surface area contributed by atoms with Gasteiger partial charge in [0.05, 0.1) is 6.10 Å². The lowest BCUT2D eigenvalue weighted by Crippen LogP contribution is -2.40. The normalized spacial score (nSPS) is 34.1. The van der Waals surface area contributed by atoms with Crippen molar-refractivity contribution in [2.24, 2.45) is 5.92 Å². The summed E-state index contributed by atoms with van der Waals surface area (Å²) in [4.78, 5) is 0. The van der Waals surface area contributed by atoms with Crippen LogP contribution in [0.5, 0.6) is 0 Å². The third kappa shape index (κ3) is 4.23. The molecule has 1 saturated heterocycles. The number of rotatable bonds is 6. The Labute approximate surface area is 105 Å². The van der Waals surface area contributed by atoms with Gasteiger partial charge >= 0.3 is 0 Å². The monoisotopic (exact) mass is 241 g/mol. The summed E-state index contributed by atoms with van der Waals surface area (Å²) < 4.78 is 5.62. The van der Waals surface area contributed by atoms with Gasteiger partial charge in [-0.25, -0.2) is 0 Å². The zero-order valence-electron chi connectivity index (χ0n) is 10.9. The molecule has 0 bridgehead atoms. The molecule has 0 aromatic carbocycles. The smallest absolute Gasteiger partial charge is 0.0576 e. The molecule has 0 spiro atoms. The van der Waals surface area contributed by atoms with E-state index in [1.54, 1.807) is 0 Å². The van der Waals surface area contributed by atoms with Crippen LogP contribution in [0.25, 0.3) is 0 Å². The van der Waals surface area contributed by atoms with Gasteiger partial charge < -0.3 is 15.2 Å². The molecule has 2 N–H and O–H groups in total. The SMILES string of the molecule is OCC1CCCCC1NCCCC1CCCO1. The third-order valence-corrected chi connectivity index (χ3v) is 4.28. The second-order valence-corrected chi connectivity index (χ2v) is 5.56. The fraction of sp³-hybridized carbons (Fsp3) is 1.00. The van der Waals surface area contributed by atoms with Crippen LogP contribution >= 0.6 is 0 Å². The van der Waals surface area contributed by atoms with Gasteiger partial charge in [-0.1, -0.05) is 12.8 Å². The molecular formula is C14H27NO2. The van der Waals surface area contributed by atoms with E-state index in [0.717, 1.165) is 13.2 Å². The lowest BCUT2D eigenvalue weighted by Gasteiger charge is -2.31. The minimum atomic E-state index is 0.351. The number of hydrogen-bond acceptors (Lipinski definition) is 3. The van der Waals surface area contributed by atoms with Gasteiger partial charge in [0, 0.05) is 19.3 Å². The van der Waals surface area contributed by atoms with Crippen molar-refractivity contribution in [3.63, 3.8) is 0 Å². The molecule has 100 valence electrons. The highest BCUT2D eigenvalue weighted by Crippen LogP contribution is 2.24. The van der Waals surface area contributed by atoms with Crippen molar-refractivity contribution in [3.05, 3.63) is 0 Å². The molecule has 2 fully saturated rings. The Balaban J connectivity index is 1.56. The topological polar surface area (TPSA) is 41.5 Å². The van der Waals surface area contributed by atoms with Crippen LogP contribution in [0.1, 0.15) is 51.4 Å². The molecule has 3 nitrogen and oxygen atoms in total. The van der Waals surface area contributed by atoms with E-state index >= 15 is 0 Å². The van der Waals surface area contributed by atoms with E-state index in [1.165, 1.54) is 51.4 Å². The maximum atomic E-state index is 9.33. The van der Waals surface area contributed by atoms with Crippen LogP contribution in [0.2, 0.25) is 0 Å². The van der Waals surface area contributed by atoms with E-state index < -0.39 is 0 Å². The van der Waals surface area contributed by atoms with Gasteiger partial charge in [-0.2, -0.15) is 0 Å². The number of hydrogen-bond donors (Lipinski definition) is 2. The summed E-state index contributed by atoms with van der Waals surface area (Å²) in [5.74, 6) is 0.492. The van der Waals surface area contributed by atoms with Crippen molar-refractivity contribution in [2.45, 2.75) is 63.5 Å². The Hall–Kier alpha value is -0.120. The molecule has 2 rings (SSSR count). The molecule has 2 aliphatic rings. The van der Waals surface area contributed by atoms with E-state index in [0.29, 0.717) is 24.7 Å². The highest BCUT2D eigenvalue weighted by Gasteiger charge is 2.23. The number of ether oxygens (including phenoxy) is 1. The third-order valence-electron chi connectivity index (χ3n) is 4.28. The van der Waals surface area contributed by atoms with Gasteiger partial charge in [0.1, 0.15) is 0 Å². The molecule has 1 aliphatic carbocycles. The summed E-state index contributed by atoms with van der Waals surface area (Å²) in [6, 6.07) is 0.554. The summed E-state index contributed by atoms with van der Waals surface area (Å²) >= 11 is 0. The van der Waals surface area contributed by atoms with E-state index in [9.17, 15) is 5.11 Å². The van der Waals surface area contributed by atoms with Crippen molar-refractivity contribution in [3.8, 4) is 0 Å². The zero-order valence-corrected chi connectivity index (χ0v) is 10.9. The van der Waals surface area contributed by atoms with Gasteiger partial charge in [-0.15, -0.1) is 0 Å². The second-order valence-electron chi connectivity index (χ2n) is 5.56. The molecule has 1 heterocycles. The second kappa shape index (κ2) is 7.34. The van der Waals surface area contributed by atoms with Crippen LogP contribution in [0.15, 0.2) is 0 Å². The molecular weight excluding hydrogens is 214 g/mol. The Bertz CT molecular complexity index is 204. The highest BCUT2D eigenvalue weighted by atomic mass is 16.5. The fourth-order valence-electron chi connectivity index (χ4n) is 3.18. The van der Waals surface area contributed by atoms with E-state index in [-0.39, 0.29) is 0 Å². The summed E-state index contributed by atoms with van der Waals surface area (Å²) in [6.45, 7) is 2.40. The lowest BCUT2D eigenvalue weighted by molar-refractivity contribution is 0.101. The van der Waals surface area contributed by atoms with Crippen LogP contribution in [0.4, 0.5) is 0 Å². The largest absolute Gasteiger partial charge is 0.396 e. The van der Waals surface area contributed by atoms with Crippen LogP contribution in [-0.2, 0) is 4.74 Å². The maximum absolute atomic E-state index is 9.33. The number of aliphatic hydroxyl groups excluding tert-OH is 1. The van der Waals surface area contributed by atoms with Crippen molar-refractivity contribution in [1.82, 2.24) is 5.32 Å². The first-order valence-corrected chi connectivity index (χ1v) is 7.36. The molecule has 0 aromatic rings. The van der Waals surface area contributed by atoms with Gasteiger partial charge in [0.2, 0.25) is 0 Å². The molecule has 3 heteroatoms. The molecule has 0 aromatic heterocycles. The summed E-state index contributed by atoms with van der Waals surface area (Å²) in [5, 5.41) is 13.0. The minimum absolute atomic E-state index is 0.351.